The van der Waals surface area contributed by atoms with Crippen LogP contribution >= 0.6 is 0 Å². The Labute approximate surface area is 167 Å². The first-order valence-corrected chi connectivity index (χ1v) is 9.26. The van der Waals surface area contributed by atoms with E-state index in [1.165, 1.54) is 6.26 Å². The maximum atomic E-state index is 12.6. The van der Waals surface area contributed by atoms with Crippen LogP contribution in [0.3, 0.4) is 0 Å². The molecule has 0 saturated carbocycles. The predicted octanol–water partition coefficient (Wildman–Crippen LogP) is 3.88. The zero-order valence-corrected chi connectivity index (χ0v) is 16.5. The first kappa shape index (κ1) is 20.2. The van der Waals surface area contributed by atoms with Gasteiger partial charge in [-0.2, -0.15) is 0 Å². The first-order valence-electron chi connectivity index (χ1n) is 9.26. The van der Waals surface area contributed by atoms with Crippen LogP contribution in [0.1, 0.15) is 37.0 Å². The minimum Gasteiger partial charge on any atom is -0.490 e. The monoisotopic (exact) mass is 402 g/mol. The highest BCUT2D eigenvalue weighted by Gasteiger charge is 2.20. The second-order valence-electron chi connectivity index (χ2n) is 5.66. The number of hydrogen-bond donors (Lipinski definition) is 0. The van der Waals surface area contributed by atoms with E-state index >= 15 is 0 Å². The van der Waals surface area contributed by atoms with E-state index < -0.39 is 5.97 Å². The second kappa shape index (κ2) is 9.63. The van der Waals surface area contributed by atoms with Crippen molar-refractivity contribution >= 4 is 5.97 Å². The number of rotatable bonds is 10. The van der Waals surface area contributed by atoms with Gasteiger partial charge in [-0.05, 0) is 45.0 Å². The van der Waals surface area contributed by atoms with Gasteiger partial charge in [0.05, 0.1) is 31.6 Å². The summed E-state index contributed by atoms with van der Waals surface area (Å²) in [5, 5.41) is 7.71. The van der Waals surface area contributed by atoms with Crippen LogP contribution in [0.2, 0.25) is 0 Å². The second-order valence-corrected chi connectivity index (χ2v) is 5.66. The third-order valence-electron chi connectivity index (χ3n) is 3.67. The minimum atomic E-state index is -0.590. The lowest BCUT2D eigenvalue weighted by Crippen LogP contribution is -2.09. The maximum Gasteiger partial charge on any atom is 0.338 e. The van der Waals surface area contributed by atoms with Crippen molar-refractivity contribution in [3.05, 3.63) is 42.0 Å². The fourth-order valence-corrected chi connectivity index (χ4v) is 2.53. The number of nitrogens with zero attached hydrogens (tertiary/aromatic N) is 2. The summed E-state index contributed by atoms with van der Waals surface area (Å²) in [5.74, 6) is 1.46. The van der Waals surface area contributed by atoms with Gasteiger partial charge in [0.1, 0.15) is 0 Å². The SMILES string of the molecule is CCOc1cc(C(=O)OCc2nnc(-c3ccco3)o2)cc(OCC)c1OCC. The molecule has 0 unspecified atom stereocenters. The van der Waals surface area contributed by atoms with Gasteiger partial charge in [0, 0.05) is 0 Å². The molecule has 0 N–H and O–H groups in total. The summed E-state index contributed by atoms with van der Waals surface area (Å²) in [6.45, 7) is 6.59. The summed E-state index contributed by atoms with van der Waals surface area (Å²) in [7, 11) is 0. The molecule has 2 aromatic heterocycles. The van der Waals surface area contributed by atoms with Crippen LogP contribution in [0.15, 0.2) is 39.4 Å². The van der Waals surface area contributed by atoms with Gasteiger partial charge in [-0.25, -0.2) is 4.79 Å². The van der Waals surface area contributed by atoms with Crippen LogP contribution in [-0.2, 0) is 11.3 Å². The lowest BCUT2D eigenvalue weighted by molar-refractivity contribution is 0.0437. The highest BCUT2D eigenvalue weighted by molar-refractivity contribution is 5.91. The molecule has 1 aromatic carbocycles. The molecule has 0 fully saturated rings. The zero-order valence-electron chi connectivity index (χ0n) is 16.5. The van der Waals surface area contributed by atoms with Crippen molar-refractivity contribution in [2.75, 3.05) is 19.8 Å². The van der Waals surface area contributed by atoms with E-state index in [9.17, 15) is 4.79 Å². The third kappa shape index (κ3) is 4.87. The summed E-state index contributed by atoms with van der Waals surface area (Å²) >= 11 is 0. The third-order valence-corrected chi connectivity index (χ3v) is 3.67. The molecule has 0 aliphatic carbocycles. The van der Waals surface area contributed by atoms with Gasteiger partial charge >= 0.3 is 5.97 Å². The smallest absolute Gasteiger partial charge is 0.338 e. The average Bonchev–Trinajstić information content (AvgIpc) is 3.40. The van der Waals surface area contributed by atoms with Gasteiger partial charge in [-0.3, -0.25) is 0 Å². The molecule has 0 amide bonds. The van der Waals surface area contributed by atoms with E-state index in [1.807, 2.05) is 20.8 Å². The molecule has 2 heterocycles. The molecule has 154 valence electrons. The van der Waals surface area contributed by atoms with E-state index in [4.69, 9.17) is 27.8 Å². The van der Waals surface area contributed by atoms with Crippen LogP contribution in [-0.4, -0.2) is 36.0 Å². The first-order chi connectivity index (χ1) is 14.2. The van der Waals surface area contributed by atoms with Crippen molar-refractivity contribution in [1.29, 1.82) is 0 Å². The Morgan fingerprint density at radius 2 is 1.69 bits per heavy atom. The Hall–Kier alpha value is -3.49. The summed E-state index contributed by atoms with van der Waals surface area (Å²) < 4.78 is 32.8. The number of furan rings is 1. The molecule has 0 bridgehead atoms. The largest absolute Gasteiger partial charge is 0.490 e. The molecule has 0 aliphatic rings. The van der Waals surface area contributed by atoms with Crippen molar-refractivity contribution < 1.29 is 32.6 Å². The Balaban J connectivity index is 1.75. The van der Waals surface area contributed by atoms with Crippen LogP contribution in [0, 0.1) is 0 Å². The van der Waals surface area contributed by atoms with E-state index in [2.05, 4.69) is 10.2 Å². The number of esters is 1. The van der Waals surface area contributed by atoms with Crippen molar-refractivity contribution in [1.82, 2.24) is 10.2 Å². The molecular weight excluding hydrogens is 380 g/mol. The molecule has 0 aliphatic heterocycles. The molecule has 29 heavy (non-hydrogen) atoms. The van der Waals surface area contributed by atoms with Gasteiger partial charge in [0.2, 0.25) is 5.75 Å². The fraction of sp³-hybridized carbons (Fsp3) is 0.350. The number of benzene rings is 1. The Bertz CT molecular complexity index is 907. The molecular formula is C20H22N2O7. The molecule has 0 saturated heterocycles. The Kier molecular flexibility index (Phi) is 6.72. The standard InChI is InChI=1S/C20H22N2O7/c1-4-24-15-10-13(11-16(25-5-2)18(15)26-6-3)20(23)28-12-17-21-22-19(29-17)14-8-7-9-27-14/h7-11H,4-6,12H2,1-3H3. The Morgan fingerprint density at radius 1 is 1.00 bits per heavy atom. The van der Waals surface area contributed by atoms with E-state index in [-0.39, 0.29) is 24.0 Å². The summed E-state index contributed by atoms with van der Waals surface area (Å²) in [6.07, 6.45) is 1.50. The normalized spacial score (nSPS) is 10.6. The van der Waals surface area contributed by atoms with E-state index in [0.29, 0.717) is 42.8 Å². The number of aromatic nitrogens is 2. The highest BCUT2D eigenvalue weighted by Crippen LogP contribution is 2.39. The van der Waals surface area contributed by atoms with Crippen LogP contribution in [0.4, 0.5) is 0 Å². The topological polar surface area (TPSA) is 106 Å². The molecule has 9 nitrogen and oxygen atoms in total. The summed E-state index contributed by atoms with van der Waals surface area (Å²) in [5.41, 5.74) is 0.256. The van der Waals surface area contributed by atoms with Gasteiger partial charge in [-0.15, -0.1) is 10.2 Å². The maximum absolute atomic E-state index is 12.6. The lowest BCUT2D eigenvalue weighted by atomic mass is 10.2. The quantitative estimate of drug-likeness (QED) is 0.467. The van der Waals surface area contributed by atoms with Crippen molar-refractivity contribution in [2.24, 2.45) is 0 Å². The van der Waals surface area contributed by atoms with Gasteiger partial charge in [-0.1, -0.05) is 0 Å². The highest BCUT2D eigenvalue weighted by atomic mass is 16.6. The number of carbonyl (C=O) groups excluding carboxylic acids is 1. The molecule has 9 heteroatoms. The predicted molar refractivity (Wildman–Crippen MR) is 101 cm³/mol. The lowest BCUT2D eigenvalue weighted by Gasteiger charge is -2.16. The van der Waals surface area contributed by atoms with Gasteiger partial charge in [0.25, 0.3) is 11.8 Å². The molecule has 0 atom stereocenters. The summed E-state index contributed by atoms with van der Waals surface area (Å²) in [4.78, 5) is 12.6. The van der Waals surface area contributed by atoms with Crippen molar-refractivity contribution in [3.63, 3.8) is 0 Å². The van der Waals surface area contributed by atoms with E-state index in [0.717, 1.165) is 0 Å². The summed E-state index contributed by atoms with van der Waals surface area (Å²) in [6, 6.07) is 6.51. The Morgan fingerprint density at radius 3 is 2.28 bits per heavy atom. The number of hydrogen-bond acceptors (Lipinski definition) is 9. The van der Waals surface area contributed by atoms with Crippen molar-refractivity contribution in [2.45, 2.75) is 27.4 Å². The van der Waals surface area contributed by atoms with Crippen LogP contribution < -0.4 is 14.2 Å². The molecule has 0 spiro atoms. The van der Waals surface area contributed by atoms with Crippen molar-refractivity contribution in [3.8, 4) is 28.9 Å². The van der Waals surface area contributed by atoms with Crippen LogP contribution in [0.25, 0.3) is 11.7 Å². The van der Waals surface area contributed by atoms with Gasteiger partial charge in [0.15, 0.2) is 23.9 Å². The number of carbonyl (C=O) groups is 1. The average molecular weight is 402 g/mol. The van der Waals surface area contributed by atoms with E-state index in [1.54, 1.807) is 24.3 Å². The zero-order chi connectivity index (χ0) is 20.6. The number of ether oxygens (including phenoxy) is 4. The van der Waals surface area contributed by atoms with Crippen LogP contribution in [0.5, 0.6) is 17.2 Å². The molecule has 0 radical (unpaired) electrons. The fourth-order valence-electron chi connectivity index (χ4n) is 2.53. The minimum absolute atomic E-state index is 0.144. The molecule has 3 rings (SSSR count). The molecule has 3 aromatic rings. The van der Waals surface area contributed by atoms with Gasteiger partial charge < -0.3 is 27.8 Å².